The highest BCUT2D eigenvalue weighted by Crippen LogP contribution is 2.25. The van der Waals surface area contributed by atoms with Gasteiger partial charge in [-0.1, -0.05) is 0 Å². The number of hydrogen-bond donors (Lipinski definition) is 4. The molecule has 0 amide bonds. The van der Waals surface area contributed by atoms with E-state index in [4.69, 9.17) is 15.3 Å². The molecule has 11 heavy (non-hydrogen) atoms. The van der Waals surface area contributed by atoms with Gasteiger partial charge in [-0.25, -0.2) is 0 Å². The molecule has 1 rings (SSSR count). The molecular formula is C6H12O4S. The highest BCUT2D eigenvalue weighted by atomic mass is 32.2. The largest absolute Gasteiger partial charge is 0.395 e. The van der Waals surface area contributed by atoms with Crippen molar-refractivity contribution < 1.29 is 20.4 Å². The first kappa shape index (κ1) is 9.28. The van der Waals surface area contributed by atoms with E-state index >= 15 is 0 Å². The predicted octanol–water partition coefficient (Wildman–Crippen LogP) is -1.82. The second-order valence-electron chi connectivity index (χ2n) is 2.60. The molecule has 1 aliphatic heterocycles. The zero-order valence-electron chi connectivity index (χ0n) is 5.92. The van der Waals surface area contributed by atoms with Crippen molar-refractivity contribution in [3.63, 3.8) is 0 Å². The van der Waals surface area contributed by atoms with Crippen LogP contribution in [0.5, 0.6) is 0 Å². The van der Waals surface area contributed by atoms with E-state index in [0.717, 1.165) is 0 Å². The minimum atomic E-state index is -1.12. The van der Waals surface area contributed by atoms with Gasteiger partial charge in [-0.15, -0.1) is 0 Å². The number of aliphatic hydroxyl groups excluding tert-OH is 4. The van der Waals surface area contributed by atoms with Crippen molar-refractivity contribution >= 4 is 11.8 Å². The van der Waals surface area contributed by atoms with Crippen molar-refractivity contribution in [3.8, 4) is 0 Å². The van der Waals surface area contributed by atoms with Crippen molar-refractivity contribution in [2.75, 3.05) is 12.4 Å². The molecule has 1 saturated heterocycles. The number of thioether (sulfide) groups is 1. The zero-order valence-corrected chi connectivity index (χ0v) is 6.74. The SMILES string of the molecule is OC[C@@H]1SC[C@@H](O)[C@H](O)[C@@H]1O. The van der Waals surface area contributed by atoms with E-state index in [0.29, 0.717) is 5.75 Å². The third-order valence-corrected chi connectivity index (χ3v) is 3.18. The second-order valence-corrected chi connectivity index (χ2v) is 3.88. The van der Waals surface area contributed by atoms with Crippen LogP contribution in [0.1, 0.15) is 0 Å². The number of rotatable bonds is 1. The summed E-state index contributed by atoms with van der Waals surface area (Å²) >= 11 is 1.27. The van der Waals surface area contributed by atoms with Gasteiger partial charge in [-0.3, -0.25) is 0 Å². The lowest BCUT2D eigenvalue weighted by Gasteiger charge is -2.33. The fraction of sp³-hybridized carbons (Fsp3) is 1.00. The molecule has 0 radical (unpaired) electrons. The maximum atomic E-state index is 9.22. The van der Waals surface area contributed by atoms with Crippen molar-refractivity contribution in [2.45, 2.75) is 23.6 Å². The van der Waals surface area contributed by atoms with Gasteiger partial charge >= 0.3 is 0 Å². The van der Waals surface area contributed by atoms with Crippen molar-refractivity contribution in [3.05, 3.63) is 0 Å². The van der Waals surface area contributed by atoms with Crippen LogP contribution in [0.3, 0.4) is 0 Å². The van der Waals surface area contributed by atoms with Gasteiger partial charge < -0.3 is 20.4 Å². The van der Waals surface area contributed by atoms with E-state index in [2.05, 4.69) is 0 Å². The van der Waals surface area contributed by atoms with Gasteiger partial charge in [0.25, 0.3) is 0 Å². The van der Waals surface area contributed by atoms with E-state index in [9.17, 15) is 5.11 Å². The normalized spacial score (nSPS) is 45.8. The first-order valence-electron chi connectivity index (χ1n) is 3.43. The Bertz CT molecular complexity index is 130. The molecule has 0 aromatic heterocycles. The Hall–Kier alpha value is 0.190. The first-order chi connectivity index (χ1) is 5.16. The molecule has 1 fully saturated rings. The molecule has 0 unspecified atom stereocenters. The molecule has 66 valence electrons. The Morgan fingerprint density at radius 2 is 1.82 bits per heavy atom. The van der Waals surface area contributed by atoms with Gasteiger partial charge in [0, 0.05) is 5.75 Å². The van der Waals surface area contributed by atoms with E-state index in [1.165, 1.54) is 11.8 Å². The van der Waals surface area contributed by atoms with Gasteiger partial charge in [-0.05, 0) is 0 Å². The van der Waals surface area contributed by atoms with E-state index < -0.39 is 18.3 Å². The molecule has 0 aromatic rings. The second kappa shape index (κ2) is 3.73. The molecule has 4 atom stereocenters. The molecule has 1 heterocycles. The number of hydrogen-bond acceptors (Lipinski definition) is 5. The zero-order chi connectivity index (χ0) is 8.43. The maximum Gasteiger partial charge on any atom is 0.108 e. The third-order valence-electron chi connectivity index (χ3n) is 1.79. The summed E-state index contributed by atoms with van der Waals surface area (Å²) in [6, 6.07) is 0. The van der Waals surface area contributed by atoms with Crippen molar-refractivity contribution in [1.29, 1.82) is 0 Å². The van der Waals surface area contributed by atoms with E-state index in [-0.39, 0.29) is 11.9 Å². The van der Waals surface area contributed by atoms with E-state index in [1.54, 1.807) is 0 Å². The standard InChI is InChI=1S/C6H12O4S/c7-1-4-6(10)5(9)3(8)2-11-4/h3-10H,1-2H2/t3-,4+,5+,6-/m1/s1. The minimum absolute atomic E-state index is 0.171. The summed E-state index contributed by atoms with van der Waals surface area (Å²) < 4.78 is 0. The summed E-state index contributed by atoms with van der Waals surface area (Å²) in [5, 5.41) is 35.7. The Morgan fingerprint density at radius 3 is 2.36 bits per heavy atom. The minimum Gasteiger partial charge on any atom is -0.395 e. The summed E-state index contributed by atoms with van der Waals surface area (Å²) in [7, 11) is 0. The smallest absolute Gasteiger partial charge is 0.108 e. The van der Waals surface area contributed by atoms with Crippen molar-refractivity contribution in [1.82, 2.24) is 0 Å². The van der Waals surface area contributed by atoms with Crippen LogP contribution in [0.25, 0.3) is 0 Å². The lowest BCUT2D eigenvalue weighted by Crippen LogP contribution is -2.49. The topological polar surface area (TPSA) is 80.9 Å². The number of aliphatic hydroxyl groups is 4. The molecule has 0 aromatic carbocycles. The van der Waals surface area contributed by atoms with Gasteiger partial charge in [0.2, 0.25) is 0 Å². The van der Waals surface area contributed by atoms with Gasteiger partial charge in [0.1, 0.15) is 6.10 Å². The highest BCUT2D eigenvalue weighted by Gasteiger charge is 2.36. The Labute approximate surface area is 68.9 Å². The average Bonchev–Trinajstić information content (AvgIpc) is 2.01. The van der Waals surface area contributed by atoms with Crippen LogP contribution in [0.2, 0.25) is 0 Å². The highest BCUT2D eigenvalue weighted by molar-refractivity contribution is 8.00. The van der Waals surface area contributed by atoms with Gasteiger partial charge in [0.15, 0.2) is 0 Å². The Balaban J connectivity index is 2.52. The monoisotopic (exact) mass is 180 g/mol. The summed E-state index contributed by atoms with van der Waals surface area (Å²) in [6.07, 6.45) is -3.01. The summed E-state index contributed by atoms with van der Waals surface area (Å²) in [5.41, 5.74) is 0. The molecule has 4 N–H and O–H groups in total. The molecule has 1 aliphatic rings. The quantitative estimate of drug-likeness (QED) is 0.382. The lowest BCUT2D eigenvalue weighted by atomic mass is 10.1. The Morgan fingerprint density at radius 1 is 1.18 bits per heavy atom. The molecule has 5 heteroatoms. The maximum absolute atomic E-state index is 9.22. The fourth-order valence-electron chi connectivity index (χ4n) is 1.03. The third kappa shape index (κ3) is 1.86. The predicted molar refractivity (Wildman–Crippen MR) is 41.4 cm³/mol. The molecule has 0 bridgehead atoms. The average molecular weight is 180 g/mol. The molecule has 0 spiro atoms. The van der Waals surface area contributed by atoms with Crippen LogP contribution in [0.15, 0.2) is 0 Å². The molecule has 0 aliphatic carbocycles. The molecule has 4 nitrogen and oxygen atoms in total. The van der Waals surface area contributed by atoms with Crippen LogP contribution >= 0.6 is 11.8 Å². The van der Waals surface area contributed by atoms with E-state index in [1.807, 2.05) is 0 Å². The van der Waals surface area contributed by atoms with Crippen LogP contribution in [-0.2, 0) is 0 Å². The van der Waals surface area contributed by atoms with Crippen LogP contribution in [0.4, 0.5) is 0 Å². The van der Waals surface area contributed by atoms with Crippen molar-refractivity contribution in [2.24, 2.45) is 0 Å². The summed E-state index contributed by atoms with van der Waals surface area (Å²) in [5.74, 6) is 0.365. The van der Waals surface area contributed by atoms with Crippen LogP contribution < -0.4 is 0 Å². The Kier molecular flexibility index (Phi) is 3.15. The van der Waals surface area contributed by atoms with Gasteiger partial charge in [-0.2, -0.15) is 11.8 Å². The van der Waals surface area contributed by atoms with Gasteiger partial charge in [0.05, 0.1) is 24.1 Å². The van der Waals surface area contributed by atoms with Crippen LogP contribution in [-0.4, -0.2) is 56.3 Å². The fourth-order valence-corrected chi connectivity index (χ4v) is 2.13. The lowest BCUT2D eigenvalue weighted by molar-refractivity contribution is -0.0595. The summed E-state index contributed by atoms with van der Waals surface area (Å²) in [4.78, 5) is 0. The molecular weight excluding hydrogens is 168 g/mol. The van der Waals surface area contributed by atoms with Crippen LogP contribution in [0, 0.1) is 0 Å². The molecule has 0 saturated carbocycles. The first-order valence-corrected chi connectivity index (χ1v) is 4.48. The summed E-state index contributed by atoms with van der Waals surface area (Å²) in [6.45, 7) is -0.171.